The minimum atomic E-state index is -0.569. The number of fused-ring (bicyclic) bond motifs is 1. The van der Waals surface area contributed by atoms with Crippen molar-refractivity contribution in [3.05, 3.63) is 11.6 Å². The van der Waals surface area contributed by atoms with Gasteiger partial charge in [-0.2, -0.15) is 0 Å². The Morgan fingerprint density at radius 3 is 2.65 bits per heavy atom. The van der Waals surface area contributed by atoms with Gasteiger partial charge in [0.05, 0.1) is 0 Å². The Bertz CT molecular complexity index is 410. The van der Waals surface area contributed by atoms with Crippen LogP contribution >= 0.6 is 0 Å². The van der Waals surface area contributed by atoms with E-state index >= 15 is 0 Å². The molecule has 2 aliphatic rings. The molecule has 0 aromatic heterocycles. The van der Waals surface area contributed by atoms with Crippen LogP contribution in [0.2, 0.25) is 0 Å². The van der Waals surface area contributed by atoms with Gasteiger partial charge in [0.1, 0.15) is 18.8 Å². The highest BCUT2D eigenvalue weighted by atomic mass is 16.6. The maximum Gasteiger partial charge on any atom is 0.303 e. The van der Waals surface area contributed by atoms with Gasteiger partial charge in [0.2, 0.25) is 0 Å². The van der Waals surface area contributed by atoms with Crippen LogP contribution in [-0.2, 0) is 28.6 Å². The van der Waals surface area contributed by atoms with Crippen molar-refractivity contribution >= 4 is 17.7 Å². The van der Waals surface area contributed by atoms with Crippen molar-refractivity contribution in [2.75, 3.05) is 6.61 Å². The number of carbonyl (C=O) groups is 3. The average Bonchev–Trinajstić information content (AvgIpc) is 2.99. The van der Waals surface area contributed by atoms with Crippen molar-refractivity contribution in [2.24, 2.45) is 0 Å². The van der Waals surface area contributed by atoms with E-state index in [1.165, 1.54) is 19.9 Å². The molecule has 0 unspecified atom stereocenters. The van der Waals surface area contributed by atoms with Gasteiger partial charge in [-0.3, -0.25) is 14.4 Å². The van der Waals surface area contributed by atoms with Crippen molar-refractivity contribution < 1.29 is 28.6 Å². The summed E-state index contributed by atoms with van der Waals surface area (Å²) >= 11 is 0. The third kappa shape index (κ3) is 2.52. The number of hydrogen-bond donors (Lipinski definition) is 0. The second-order valence-electron chi connectivity index (χ2n) is 3.93. The summed E-state index contributed by atoms with van der Waals surface area (Å²) in [7, 11) is 0. The van der Waals surface area contributed by atoms with E-state index in [1.54, 1.807) is 0 Å². The fourth-order valence-electron chi connectivity index (χ4n) is 1.73. The van der Waals surface area contributed by atoms with E-state index in [4.69, 9.17) is 14.2 Å². The maximum atomic E-state index is 11.7. The molecule has 0 saturated carbocycles. The van der Waals surface area contributed by atoms with Gasteiger partial charge in [0.15, 0.2) is 11.9 Å². The van der Waals surface area contributed by atoms with Crippen LogP contribution in [0, 0.1) is 0 Å². The molecule has 1 aliphatic carbocycles. The van der Waals surface area contributed by atoms with Crippen molar-refractivity contribution in [1.82, 2.24) is 0 Å². The molecule has 0 aromatic rings. The molecule has 0 radical (unpaired) electrons. The van der Waals surface area contributed by atoms with Gasteiger partial charge in [0.25, 0.3) is 0 Å². The van der Waals surface area contributed by atoms with Gasteiger partial charge in [-0.1, -0.05) is 0 Å². The molecule has 6 nitrogen and oxygen atoms in total. The van der Waals surface area contributed by atoms with Gasteiger partial charge < -0.3 is 14.2 Å². The Kier molecular flexibility index (Phi) is 2.97. The zero-order valence-electron chi connectivity index (χ0n) is 9.47. The summed E-state index contributed by atoms with van der Waals surface area (Å²) in [6.45, 7) is 2.43. The highest BCUT2D eigenvalue weighted by Crippen LogP contribution is 2.35. The summed E-state index contributed by atoms with van der Waals surface area (Å²) < 4.78 is 14.9. The molecule has 17 heavy (non-hydrogen) atoms. The predicted octanol–water partition coefficient (Wildman–Crippen LogP) is -0.242. The zero-order valence-corrected chi connectivity index (χ0v) is 9.47. The lowest BCUT2D eigenvalue weighted by molar-refractivity contribution is -0.145. The fourth-order valence-corrected chi connectivity index (χ4v) is 1.73. The molecule has 0 bridgehead atoms. The first-order chi connectivity index (χ1) is 7.99. The highest BCUT2D eigenvalue weighted by Gasteiger charge is 2.54. The zero-order chi connectivity index (χ0) is 12.6. The normalized spacial score (nSPS) is 30.1. The molecule has 0 aromatic carbocycles. The third-order valence-electron chi connectivity index (χ3n) is 2.52. The Morgan fingerprint density at radius 1 is 1.35 bits per heavy atom. The van der Waals surface area contributed by atoms with Gasteiger partial charge >= 0.3 is 11.9 Å². The highest BCUT2D eigenvalue weighted by molar-refractivity contribution is 6.02. The van der Waals surface area contributed by atoms with E-state index in [0.29, 0.717) is 5.57 Å². The average molecular weight is 240 g/mol. The first-order valence-corrected chi connectivity index (χ1v) is 5.20. The number of hydrogen-bond acceptors (Lipinski definition) is 6. The van der Waals surface area contributed by atoms with Crippen molar-refractivity contribution in [3.8, 4) is 0 Å². The Hall–Kier alpha value is -1.69. The molecule has 1 fully saturated rings. The van der Waals surface area contributed by atoms with Crippen LogP contribution < -0.4 is 0 Å². The Morgan fingerprint density at radius 2 is 2.06 bits per heavy atom. The summed E-state index contributed by atoms with van der Waals surface area (Å²) in [4.78, 5) is 33.2. The summed E-state index contributed by atoms with van der Waals surface area (Å²) in [6.07, 6.45) is -0.0240. The number of ether oxygens (including phenoxy) is 3. The molecule has 0 amide bonds. The molecule has 2 rings (SSSR count). The number of esters is 2. The minimum absolute atomic E-state index is 0.113. The number of ketones is 1. The van der Waals surface area contributed by atoms with Crippen LogP contribution in [0.3, 0.4) is 0 Å². The standard InChI is InChI=1S/C11H12O6/c1-5(12)15-4-7-3-8(16-6(2)13)10-11(17-10)9(7)14/h3,8,10-11H,4H2,1-2H3/t8-,10-,11+/m1/s1. The number of epoxide rings is 1. The molecule has 1 aliphatic heterocycles. The lowest BCUT2D eigenvalue weighted by atomic mass is 9.96. The second kappa shape index (κ2) is 4.29. The van der Waals surface area contributed by atoms with Crippen LogP contribution in [0.1, 0.15) is 13.8 Å². The second-order valence-corrected chi connectivity index (χ2v) is 3.93. The van der Waals surface area contributed by atoms with E-state index < -0.39 is 24.1 Å². The summed E-state index contributed by atoms with van der Waals surface area (Å²) in [6, 6.07) is 0. The van der Waals surface area contributed by atoms with Gasteiger partial charge in [0, 0.05) is 19.4 Å². The van der Waals surface area contributed by atoms with Crippen molar-refractivity contribution in [3.63, 3.8) is 0 Å². The van der Waals surface area contributed by atoms with Gasteiger partial charge in [-0.05, 0) is 6.08 Å². The van der Waals surface area contributed by atoms with Crippen LogP contribution in [0.25, 0.3) is 0 Å². The van der Waals surface area contributed by atoms with Gasteiger partial charge in [-0.15, -0.1) is 0 Å². The summed E-state index contributed by atoms with van der Waals surface area (Å²) in [5.41, 5.74) is 0.310. The quantitative estimate of drug-likeness (QED) is 0.500. The lowest BCUT2D eigenvalue weighted by Gasteiger charge is -2.16. The topological polar surface area (TPSA) is 82.2 Å². The van der Waals surface area contributed by atoms with Crippen LogP contribution in [-0.4, -0.2) is 42.6 Å². The molecule has 6 heteroatoms. The monoisotopic (exact) mass is 240 g/mol. The van der Waals surface area contributed by atoms with Crippen LogP contribution in [0.15, 0.2) is 11.6 Å². The van der Waals surface area contributed by atoms with Gasteiger partial charge in [-0.25, -0.2) is 0 Å². The molecule has 1 saturated heterocycles. The van der Waals surface area contributed by atoms with Crippen molar-refractivity contribution in [1.29, 1.82) is 0 Å². The Balaban J connectivity index is 2.07. The third-order valence-corrected chi connectivity index (χ3v) is 2.52. The number of carbonyl (C=O) groups excluding carboxylic acids is 3. The van der Waals surface area contributed by atoms with Crippen LogP contribution in [0.4, 0.5) is 0 Å². The summed E-state index contributed by atoms with van der Waals surface area (Å²) in [5.74, 6) is -1.12. The smallest absolute Gasteiger partial charge is 0.303 e. The Labute approximate surface area is 97.5 Å². The summed E-state index contributed by atoms with van der Waals surface area (Å²) in [5, 5.41) is 0. The largest absolute Gasteiger partial charge is 0.461 e. The fraction of sp³-hybridized carbons (Fsp3) is 0.545. The van der Waals surface area contributed by atoms with E-state index in [1.807, 2.05) is 0 Å². The van der Waals surface area contributed by atoms with Crippen LogP contribution in [0.5, 0.6) is 0 Å². The molecule has 0 spiro atoms. The lowest BCUT2D eigenvalue weighted by Crippen LogP contribution is -2.32. The van der Waals surface area contributed by atoms with E-state index in [9.17, 15) is 14.4 Å². The SMILES string of the molecule is CC(=O)OCC1=C[C@@H](OC(C)=O)[C@H]2O[C@H]2C1=O. The van der Waals surface area contributed by atoms with E-state index in [2.05, 4.69) is 0 Å². The van der Waals surface area contributed by atoms with E-state index in [0.717, 1.165) is 0 Å². The molecule has 92 valence electrons. The molecular formula is C11H12O6. The molecule has 1 heterocycles. The first kappa shape index (κ1) is 11.8. The predicted molar refractivity (Wildman–Crippen MR) is 53.9 cm³/mol. The number of Topliss-reactive ketones (excluding diaryl/α,β-unsaturated/α-hetero) is 1. The molecular weight excluding hydrogens is 228 g/mol. The van der Waals surface area contributed by atoms with Crippen molar-refractivity contribution in [2.45, 2.75) is 32.2 Å². The first-order valence-electron chi connectivity index (χ1n) is 5.20. The molecule has 0 N–H and O–H groups in total. The minimum Gasteiger partial charge on any atom is -0.461 e. The number of rotatable bonds is 3. The molecule has 3 atom stereocenters. The maximum absolute atomic E-state index is 11.7. The van der Waals surface area contributed by atoms with E-state index in [-0.39, 0.29) is 18.5 Å².